The maximum Gasteiger partial charge on any atom is 0.240 e. The van der Waals surface area contributed by atoms with Crippen molar-refractivity contribution < 1.29 is 14.4 Å². The number of aliphatic hydroxyl groups excluding tert-OH is 1. The van der Waals surface area contributed by atoms with Crippen LogP contribution in [0.25, 0.3) is 0 Å². The molecule has 0 aliphatic rings. The van der Waals surface area contributed by atoms with Crippen LogP contribution in [0.1, 0.15) is 30.2 Å². The second-order valence-electron chi connectivity index (χ2n) is 4.57. The number of nitrogens with one attached hydrogen (secondary N) is 1. The van der Waals surface area contributed by atoms with Gasteiger partial charge in [0.15, 0.2) is 5.82 Å². The zero-order valence-electron chi connectivity index (χ0n) is 12.6. The van der Waals surface area contributed by atoms with Crippen molar-refractivity contribution in [3.05, 3.63) is 29.7 Å². The first-order chi connectivity index (χ1) is 10.4. The fraction of sp³-hybridized carbons (Fsp3) is 0.500. The Morgan fingerprint density at radius 2 is 2.23 bits per heavy atom. The first-order valence-electron chi connectivity index (χ1n) is 6.55. The van der Waals surface area contributed by atoms with Crippen LogP contribution < -0.4 is 16.8 Å². The number of carbonyl (C=O) groups is 1. The number of rotatable bonds is 6. The Labute approximate surface area is 127 Å². The lowest BCUT2D eigenvalue weighted by Gasteiger charge is -1.99. The predicted molar refractivity (Wildman–Crippen MR) is 76.9 cm³/mol. The zero-order valence-corrected chi connectivity index (χ0v) is 12.6. The van der Waals surface area contributed by atoms with Crippen LogP contribution in [0, 0.1) is 0 Å². The average Bonchev–Trinajstić information content (AvgIpc) is 3.07. The predicted octanol–water partition coefficient (Wildman–Crippen LogP) is -1.42. The highest BCUT2D eigenvalue weighted by molar-refractivity contribution is 5.70. The Morgan fingerprint density at radius 1 is 1.55 bits per heavy atom. The van der Waals surface area contributed by atoms with E-state index in [0.717, 1.165) is 5.56 Å². The smallest absolute Gasteiger partial charge is 0.240 e. The molecule has 1 atom stereocenters. The molecular weight excluding hydrogens is 290 g/mol. The quantitative estimate of drug-likeness (QED) is 0.505. The maximum atomic E-state index is 9.22. The molecule has 2 rings (SSSR count). The minimum atomic E-state index is -0.596. The molecular formula is C12H21N7O3. The molecule has 0 saturated carbocycles. The van der Waals surface area contributed by atoms with E-state index < -0.39 is 6.04 Å². The van der Waals surface area contributed by atoms with Crippen LogP contribution in [0.15, 0.2) is 16.9 Å². The second kappa shape index (κ2) is 8.87. The van der Waals surface area contributed by atoms with Crippen molar-refractivity contribution in [2.75, 3.05) is 6.61 Å². The van der Waals surface area contributed by atoms with Gasteiger partial charge in [0.05, 0.1) is 25.4 Å². The molecule has 2 aromatic heterocycles. The molecule has 0 spiro atoms. The highest BCUT2D eigenvalue weighted by atomic mass is 16.5. The average molecular weight is 311 g/mol. The van der Waals surface area contributed by atoms with E-state index in [1.54, 1.807) is 10.9 Å². The van der Waals surface area contributed by atoms with Crippen LogP contribution >= 0.6 is 0 Å². The number of carbonyl (C=O) groups excluding carboxylic acids is 1. The van der Waals surface area contributed by atoms with E-state index in [2.05, 4.69) is 26.3 Å². The van der Waals surface area contributed by atoms with Gasteiger partial charge < -0.3 is 26.4 Å². The zero-order chi connectivity index (χ0) is 16.5. The summed E-state index contributed by atoms with van der Waals surface area (Å²) in [4.78, 5) is 13.3. The SMILES string of the molecule is CC(N)=O.Cn1cc(CNCc2nc(C(N)CO)no2)cn1. The molecule has 1 unspecified atom stereocenters. The molecule has 122 valence electrons. The molecule has 0 fully saturated rings. The molecule has 10 heteroatoms. The topological polar surface area (TPSA) is 158 Å². The highest BCUT2D eigenvalue weighted by Crippen LogP contribution is 2.05. The largest absolute Gasteiger partial charge is 0.394 e. The Bertz CT molecular complexity index is 577. The summed E-state index contributed by atoms with van der Waals surface area (Å²) >= 11 is 0. The number of aliphatic hydroxyl groups is 1. The third-order valence-electron chi connectivity index (χ3n) is 2.38. The molecule has 1 amide bonds. The lowest BCUT2D eigenvalue weighted by Crippen LogP contribution is -2.16. The molecule has 0 aromatic carbocycles. The number of amides is 1. The van der Waals surface area contributed by atoms with Gasteiger partial charge in [-0.2, -0.15) is 10.1 Å². The third-order valence-corrected chi connectivity index (χ3v) is 2.38. The number of nitrogens with two attached hydrogens (primary N) is 2. The van der Waals surface area contributed by atoms with Crippen molar-refractivity contribution in [3.8, 4) is 0 Å². The van der Waals surface area contributed by atoms with E-state index in [1.807, 2.05) is 13.2 Å². The van der Waals surface area contributed by atoms with Crippen LogP contribution in [0.5, 0.6) is 0 Å². The first kappa shape index (κ1) is 17.8. The number of aromatic nitrogens is 4. The minimum absolute atomic E-state index is 0.206. The van der Waals surface area contributed by atoms with Gasteiger partial charge in [0.1, 0.15) is 0 Å². The lowest BCUT2D eigenvalue weighted by molar-refractivity contribution is -0.115. The van der Waals surface area contributed by atoms with Gasteiger partial charge in [-0.25, -0.2) is 0 Å². The molecule has 10 nitrogen and oxygen atoms in total. The fourth-order valence-electron chi connectivity index (χ4n) is 1.45. The normalized spacial score (nSPS) is 11.6. The summed E-state index contributed by atoms with van der Waals surface area (Å²) in [6, 6.07) is -0.596. The third kappa shape index (κ3) is 6.43. The minimum Gasteiger partial charge on any atom is -0.394 e. The van der Waals surface area contributed by atoms with Crippen LogP contribution in [0.2, 0.25) is 0 Å². The molecule has 2 heterocycles. The maximum absolute atomic E-state index is 9.22. The van der Waals surface area contributed by atoms with Crippen molar-refractivity contribution in [2.24, 2.45) is 18.5 Å². The highest BCUT2D eigenvalue weighted by Gasteiger charge is 2.12. The summed E-state index contributed by atoms with van der Waals surface area (Å²) < 4.78 is 6.73. The number of hydrogen-bond acceptors (Lipinski definition) is 8. The van der Waals surface area contributed by atoms with Gasteiger partial charge in [-0.05, 0) is 0 Å². The molecule has 0 aliphatic carbocycles. The first-order valence-corrected chi connectivity index (χ1v) is 6.55. The summed E-state index contributed by atoms with van der Waals surface area (Å²) in [5.74, 6) is 0.425. The van der Waals surface area contributed by atoms with Crippen LogP contribution in [0.3, 0.4) is 0 Å². The fourth-order valence-corrected chi connectivity index (χ4v) is 1.45. The van der Waals surface area contributed by atoms with Crippen LogP contribution in [-0.2, 0) is 24.9 Å². The second-order valence-corrected chi connectivity index (χ2v) is 4.57. The summed E-state index contributed by atoms with van der Waals surface area (Å²) in [6.07, 6.45) is 3.71. The van der Waals surface area contributed by atoms with E-state index in [-0.39, 0.29) is 12.5 Å². The molecule has 2 aromatic rings. The molecule has 0 saturated heterocycles. The molecule has 0 radical (unpaired) electrons. The monoisotopic (exact) mass is 311 g/mol. The van der Waals surface area contributed by atoms with Gasteiger partial charge in [0, 0.05) is 32.3 Å². The van der Waals surface area contributed by atoms with Gasteiger partial charge in [-0.1, -0.05) is 5.16 Å². The number of primary amides is 1. The molecule has 22 heavy (non-hydrogen) atoms. The van der Waals surface area contributed by atoms with E-state index in [9.17, 15) is 4.79 Å². The van der Waals surface area contributed by atoms with E-state index >= 15 is 0 Å². The van der Waals surface area contributed by atoms with E-state index in [4.69, 9.17) is 15.4 Å². The van der Waals surface area contributed by atoms with E-state index in [1.165, 1.54) is 6.92 Å². The number of nitrogens with zero attached hydrogens (tertiary/aromatic N) is 4. The Hall–Kier alpha value is -2.30. The number of hydrogen-bond donors (Lipinski definition) is 4. The van der Waals surface area contributed by atoms with Crippen LogP contribution in [0.4, 0.5) is 0 Å². The Balaban J connectivity index is 0.000000541. The van der Waals surface area contributed by atoms with Crippen molar-refractivity contribution in [3.63, 3.8) is 0 Å². The van der Waals surface area contributed by atoms with Gasteiger partial charge >= 0.3 is 0 Å². The van der Waals surface area contributed by atoms with Gasteiger partial charge in [-0.15, -0.1) is 0 Å². The summed E-state index contributed by atoms with van der Waals surface area (Å²) in [6.45, 7) is 2.21. The van der Waals surface area contributed by atoms with Gasteiger partial charge in [0.2, 0.25) is 11.8 Å². The standard InChI is InChI=1S/C10H16N6O2.C2H5NO/c1-16-5-7(3-13-16)2-12-4-9-14-10(15-18-9)8(11)6-17;1-2(3)4/h3,5,8,12,17H,2,4,6,11H2,1H3;1H3,(H2,3,4). The summed E-state index contributed by atoms with van der Waals surface area (Å²) in [5, 5.41) is 19.8. The van der Waals surface area contributed by atoms with Crippen molar-refractivity contribution in [1.29, 1.82) is 0 Å². The number of aryl methyl sites for hydroxylation is 1. The summed E-state index contributed by atoms with van der Waals surface area (Å²) in [5.41, 5.74) is 11.1. The van der Waals surface area contributed by atoms with Crippen LogP contribution in [-0.4, -0.2) is 37.5 Å². The Morgan fingerprint density at radius 3 is 2.77 bits per heavy atom. The lowest BCUT2D eigenvalue weighted by atomic mass is 10.3. The molecule has 0 bridgehead atoms. The van der Waals surface area contributed by atoms with Crippen molar-refractivity contribution >= 4 is 5.91 Å². The summed E-state index contributed by atoms with van der Waals surface area (Å²) in [7, 11) is 1.87. The van der Waals surface area contributed by atoms with Gasteiger partial charge in [-0.3, -0.25) is 9.48 Å². The van der Waals surface area contributed by atoms with Crippen molar-refractivity contribution in [1.82, 2.24) is 25.2 Å². The van der Waals surface area contributed by atoms with E-state index in [0.29, 0.717) is 24.8 Å². The Kier molecular flexibility index (Phi) is 7.16. The molecule has 0 aliphatic heterocycles. The van der Waals surface area contributed by atoms with Crippen molar-refractivity contribution in [2.45, 2.75) is 26.1 Å². The molecule has 6 N–H and O–H groups in total. The van der Waals surface area contributed by atoms with Gasteiger partial charge in [0.25, 0.3) is 0 Å².